The molecule has 5 rings (SSSR count). The number of nitrogens with zero attached hydrogens (tertiary/aromatic N) is 3. The van der Waals surface area contributed by atoms with Crippen molar-refractivity contribution < 1.29 is 9.53 Å². The molecule has 1 fully saturated rings. The smallest absolute Gasteiger partial charge is 0.283 e. The fourth-order valence-corrected chi connectivity index (χ4v) is 5.54. The molecule has 1 N–H and O–H groups in total. The van der Waals surface area contributed by atoms with Gasteiger partial charge in [-0.25, -0.2) is 4.98 Å². The minimum atomic E-state index is 0.0966. The van der Waals surface area contributed by atoms with Crippen molar-refractivity contribution in [2.75, 3.05) is 13.2 Å². The Labute approximate surface area is 180 Å². The SMILES string of the molecule is CCCN(C(=O)c1nc2c(s1)CCOc1cc(-c3cn[nH]c3)ccc1-2)C1CCCC1. The van der Waals surface area contributed by atoms with E-state index in [2.05, 4.69) is 34.2 Å². The van der Waals surface area contributed by atoms with Crippen molar-refractivity contribution in [3.63, 3.8) is 0 Å². The number of ether oxygens (including phenoxy) is 1. The quantitative estimate of drug-likeness (QED) is 0.633. The predicted octanol–water partition coefficient (Wildman–Crippen LogP) is 4.93. The number of rotatable bonds is 5. The number of fused-ring (bicyclic) bond motifs is 3. The Hall–Kier alpha value is -2.67. The number of aromatic nitrogens is 3. The van der Waals surface area contributed by atoms with E-state index in [-0.39, 0.29) is 5.91 Å². The molecule has 0 saturated heterocycles. The van der Waals surface area contributed by atoms with Crippen LogP contribution in [0.25, 0.3) is 22.4 Å². The largest absolute Gasteiger partial charge is 0.492 e. The lowest BCUT2D eigenvalue weighted by Gasteiger charge is -2.27. The second-order valence-corrected chi connectivity index (χ2v) is 9.11. The van der Waals surface area contributed by atoms with Crippen molar-refractivity contribution in [3.05, 3.63) is 40.5 Å². The summed E-state index contributed by atoms with van der Waals surface area (Å²) in [6, 6.07) is 6.52. The van der Waals surface area contributed by atoms with E-state index in [9.17, 15) is 4.79 Å². The Kier molecular flexibility index (Phi) is 5.29. The third-order valence-corrected chi connectivity index (χ3v) is 7.13. The Morgan fingerprint density at radius 3 is 2.93 bits per heavy atom. The van der Waals surface area contributed by atoms with Crippen LogP contribution in [-0.4, -0.2) is 45.2 Å². The van der Waals surface area contributed by atoms with Crippen LogP contribution in [0, 0.1) is 0 Å². The Bertz CT molecular complexity index is 1040. The fraction of sp³-hybridized carbons (Fsp3) is 0.435. The third kappa shape index (κ3) is 3.51. The fourth-order valence-electron chi connectivity index (χ4n) is 4.53. The Morgan fingerprint density at radius 1 is 1.30 bits per heavy atom. The van der Waals surface area contributed by atoms with Gasteiger partial charge in [-0.15, -0.1) is 11.3 Å². The summed E-state index contributed by atoms with van der Waals surface area (Å²) in [6.45, 7) is 3.53. The van der Waals surface area contributed by atoms with Crippen LogP contribution < -0.4 is 4.74 Å². The highest BCUT2D eigenvalue weighted by Crippen LogP contribution is 2.40. The summed E-state index contributed by atoms with van der Waals surface area (Å²) in [5, 5.41) is 7.50. The van der Waals surface area contributed by atoms with E-state index in [1.807, 2.05) is 12.3 Å². The van der Waals surface area contributed by atoms with E-state index < -0.39 is 0 Å². The van der Waals surface area contributed by atoms with Crippen molar-refractivity contribution >= 4 is 17.2 Å². The molecule has 0 radical (unpaired) electrons. The number of benzene rings is 1. The van der Waals surface area contributed by atoms with Crippen LogP contribution in [0.15, 0.2) is 30.6 Å². The molecule has 0 atom stereocenters. The van der Waals surface area contributed by atoms with Crippen molar-refractivity contribution in [1.29, 1.82) is 0 Å². The molecule has 0 unspecified atom stereocenters. The number of aromatic amines is 1. The Morgan fingerprint density at radius 2 is 2.17 bits per heavy atom. The first-order valence-electron chi connectivity index (χ1n) is 10.8. The van der Waals surface area contributed by atoms with E-state index in [0.29, 0.717) is 17.7 Å². The van der Waals surface area contributed by atoms with E-state index in [1.165, 1.54) is 24.2 Å². The lowest BCUT2D eigenvalue weighted by molar-refractivity contribution is 0.0681. The van der Waals surface area contributed by atoms with Gasteiger partial charge in [-0.05, 0) is 37.0 Å². The van der Waals surface area contributed by atoms with Gasteiger partial charge in [-0.3, -0.25) is 9.89 Å². The molecule has 156 valence electrons. The highest BCUT2D eigenvalue weighted by molar-refractivity contribution is 7.14. The normalized spacial score (nSPS) is 15.9. The molecular weight excluding hydrogens is 396 g/mol. The maximum Gasteiger partial charge on any atom is 0.283 e. The van der Waals surface area contributed by atoms with Crippen LogP contribution in [0.1, 0.15) is 53.7 Å². The summed E-state index contributed by atoms with van der Waals surface area (Å²) in [7, 11) is 0. The molecule has 0 spiro atoms. The molecule has 2 aliphatic rings. The van der Waals surface area contributed by atoms with Crippen molar-refractivity contribution in [1.82, 2.24) is 20.1 Å². The van der Waals surface area contributed by atoms with Gasteiger partial charge in [0.05, 0.1) is 18.5 Å². The summed E-state index contributed by atoms with van der Waals surface area (Å²) in [6.07, 6.45) is 10.1. The zero-order chi connectivity index (χ0) is 20.5. The molecule has 1 aromatic carbocycles. The number of amides is 1. The van der Waals surface area contributed by atoms with Gasteiger partial charge in [0, 0.05) is 41.2 Å². The number of hydrogen-bond acceptors (Lipinski definition) is 5. The third-order valence-electron chi connectivity index (χ3n) is 6.03. The zero-order valence-electron chi connectivity index (χ0n) is 17.2. The summed E-state index contributed by atoms with van der Waals surface area (Å²) >= 11 is 1.54. The minimum absolute atomic E-state index is 0.0966. The van der Waals surface area contributed by atoms with Gasteiger partial charge >= 0.3 is 0 Å². The van der Waals surface area contributed by atoms with Gasteiger partial charge in [-0.1, -0.05) is 25.8 Å². The van der Waals surface area contributed by atoms with Gasteiger partial charge in [0.25, 0.3) is 5.91 Å². The standard InChI is InChI=1S/C23H26N4O2S/c1-2-10-27(17-5-3-4-6-17)23(28)22-26-21-18-8-7-15(16-13-24-25-14-16)12-19(18)29-11-9-20(21)30-22/h7-8,12-14,17H,2-6,9-11H2,1H3,(H,24,25). The Balaban J connectivity index is 1.48. The molecule has 6 nitrogen and oxygen atoms in total. The van der Waals surface area contributed by atoms with Crippen LogP contribution in [0.5, 0.6) is 5.75 Å². The molecule has 1 saturated carbocycles. The lowest BCUT2D eigenvalue weighted by Crippen LogP contribution is -2.39. The van der Waals surface area contributed by atoms with Crippen LogP contribution in [-0.2, 0) is 6.42 Å². The first-order chi connectivity index (χ1) is 14.7. The second-order valence-electron chi connectivity index (χ2n) is 8.02. The van der Waals surface area contributed by atoms with Crippen molar-refractivity contribution in [2.24, 2.45) is 0 Å². The van der Waals surface area contributed by atoms with Gasteiger partial charge in [0.15, 0.2) is 5.01 Å². The maximum atomic E-state index is 13.4. The average Bonchev–Trinajstić information content (AvgIpc) is 3.52. The first-order valence-corrected chi connectivity index (χ1v) is 11.6. The summed E-state index contributed by atoms with van der Waals surface area (Å²) in [5.74, 6) is 0.914. The topological polar surface area (TPSA) is 71.1 Å². The van der Waals surface area contributed by atoms with E-state index in [1.54, 1.807) is 6.20 Å². The van der Waals surface area contributed by atoms with E-state index >= 15 is 0 Å². The van der Waals surface area contributed by atoms with E-state index in [0.717, 1.165) is 65.2 Å². The molecule has 30 heavy (non-hydrogen) atoms. The maximum absolute atomic E-state index is 13.4. The minimum Gasteiger partial charge on any atom is -0.492 e. The van der Waals surface area contributed by atoms with Crippen LogP contribution in [0.2, 0.25) is 0 Å². The second kappa shape index (κ2) is 8.22. The first kappa shape index (κ1) is 19.3. The highest BCUT2D eigenvalue weighted by Gasteiger charge is 2.30. The highest BCUT2D eigenvalue weighted by atomic mass is 32.1. The number of carbonyl (C=O) groups is 1. The van der Waals surface area contributed by atoms with Crippen LogP contribution >= 0.6 is 11.3 Å². The molecule has 0 bridgehead atoms. The van der Waals surface area contributed by atoms with Crippen molar-refractivity contribution in [3.8, 4) is 28.1 Å². The van der Waals surface area contributed by atoms with Gasteiger partial charge < -0.3 is 9.64 Å². The van der Waals surface area contributed by atoms with Gasteiger partial charge in [0.2, 0.25) is 0 Å². The summed E-state index contributed by atoms with van der Waals surface area (Å²) in [4.78, 5) is 21.4. The molecule has 1 aliphatic carbocycles. The number of hydrogen-bond donors (Lipinski definition) is 1. The monoisotopic (exact) mass is 422 g/mol. The molecule has 7 heteroatoms. The molecule has 3 aromatic rings. The average molecular weight is 423 g/mol. The number of carbonyl (C=O) groups excluding carboxylic acids is 1. The molecule has 1 amide bonds. The van der Waals surface area contributed by atoms with Gasteiger partial charge in [0.1, 0.15) is 5.75 Å². The summed E-state index contributed by atoms with van der Waals surface area (Å²) < 4.78 is 6.04. The van der Waals surface area contributed by atoms with E-state index in [4.69, 9.17) is 9.72 Å². The lowest BCUT2D eigenvalue weighted by atomic mass is 10.0. The number of nitrogens with one attached hydrogen (secondary N) is 1. The summed E-state index contributed by atoms with van der Waals surface area (Å²) in [5.41, 5.74) is 3.94. The molecular formula is C23H26N4O2S. The van der Waals surface area contributed by atoms with Gasteiger partial charge in [-0.2, -0.15) is 5.10 Å². The molecule has 3 heterocycles. The van der Waals surface area contributed by atoms with Crippen molar-refractivity contribution in [2.45, 2.75) is 51.5 Å². The number of thiazole rings is 1. The number of H-pyrrole nitrogens is 1. The van der Waals surface area contributed by atoms with Crippen LogP contribution in [0.3, 0.4) is 0 Å². The predicted molar refractivity (Wildman–Crippen MR) is 118 cm³/mol. The zero-order valence-corrected chi connectivity index (χ0v) is 18.0. The molecule has 1 aliphatic heterocycles. The van der Waals surface area contributed by atoms with Crippen LogP contribution in [0.4, 0.5) is 0 Å². The molecule has 2 aromatic heterocycles.